The van der Waals surface area contributed by atoms with Crippen LogP contribution in [0.25, 0.3) is 0 Å². The lowest BCUT2D eigenvalue weighted by atomic mass is 9.74. The van der Waals surface area contributed by atoms with E-state index in [0.29, 0.717) is 0 Å². The first-order valence-electron chi connectivity index (χ1n) is 6.09. The Morgan fingerprint density at radius 1 is 0.882 bits per heavy atom. The van der Waals surface area contributed by atoms with E-state index in [1.54, 1.807) is 0 Å². The van der Waals surface area contributed by atoms with Crippen molar-refractivity contribution in [2.45, 2.75) is 25.7 Å². The summed E-state index contributed by atoms with van der Waals surface area (Å²) in [4.78, 5) is 0. The molecule has 0 heterocycles. The lowest BCUT2D eigenvalue weighted by Crippen LogP contribution is -2.17. The van der Waals surface area contributed by atoms with Crippen molar-refractivity contribution in [1.82, 2.24) is 0 Å². The quantitative estimate of drug-likeness (QED) is 0.502. The second-order valence-corrected chi connectivity index (χ2v) is 4.46. The van der Waals surface area contributed by atoms with Gasteiger partial charge in [0.2, 0.25) is 0 Å². The minimum absolute atomic E-state index is 0.0794. The van der Waals surface area contributed by atoms with Crippen molar-refractivity contribution < 1.29 is 0 Å². The third-order valence-corrected chi connectivity index (χ3v) is 3.32. The van der Waals surface area contributed by atoms with Crippen molar-refractivity contribution in [3.05, 3.63) is 73.9 Å². The van der Waals surface area contributed by atoms with Gasteiger partial charge in [-0.25, -0.2) is 0 Å². The van der Waals surface area contributed by atoms with Crippen LogP contribution in [0.1, 0.15) is 25.7 Å². The fourth-order valence-corrected chi connectivity index (χ4v) is 2.59. The average Bonchev–Trinajstić information content (AvgIpc) is 2.61. The summed E-state index contributed by atoms with van der Waals surface area (Å²) in [6.07, 6.45) is 16.2. The molecule has 0 spiro atoms. The monoisotopic (exact) mass is 226 g/mol. The normalized spacial score (nSPS) is 16.9. The summed E-state index contributed by atoms with van der Waals surface area (Å²) in [6.45, 7) is 15.4. The van der Waals surface area contributed by atoms with Gasteiger partial charge in [-0.05, 0) is 31.3 Å². The third-order valence-electron chi connectivity index (χ3n) is 3.32. The molecule has 0 bridgehead atoms. The van der Waals surface area contributed by atoms with Gasteiger partial charge in [-0.15, -0.1) is 26.3 Å². The van der Waals surface area contributed by atoms with Crippen molar-refractivity contribution >= 4 is 0 Å². The Bertz CT molecular complexity index is 367. The largest absolute Gasteiger partial charge is 0.103 e. The molecular weight excluding hydrogens is 204 g/mol. The summed E-state index contributed by atoms with van der Waals surface area (Å²) in [6, 6.07) is 0. The molecule has 0 unspecified atom stereocenters. The predicted molar refractivity (Wildman–Crippen MR) is 77.9 cm³/mol. The zero-order valence-electron chi connectivity index (χ0n) is 10.6. The van der Waals surface area contributed by atoms with Crippen molar-refractivity contribution in [2.24, 2.45) is 5.41 Å². The molecule has 0 saturated heterocycles. The molecule has 0 atom stereocenters. The predicted octanol–water partition coefficient (Wildman–Crippen LogP) is 5.14. The highest BCUT2D eigenvalue weighted by Crippen LogP contribution is 2.46. The van der Waals surface area contributed by atoms with E-state index >= 15 is 0 Å². The third kappa shape index (κ3) is 2.76. The summed E-state index contributed by atoms with van der Waals surface area (Å²) >= 11 is 0. The van der Waals surface area contributed by atoms with Gasteiger partial charge in [0.1, 0.15) is 0 Å². The van der Waals surface area contributed by atoms with Gasteiger partial charge in [-0.1, -0.05) is 42.0 Å². The van der Waals surface area contributed by atoms with E-state index in [9.17, 15) is 0 Å². The Hall–Kier alpha value is -1.56. The van der Waals surface area contributed by atoms with E-state index in [-0.39, 0.29) is 5.41 Å². The Kier molecular flexibility index (Phi) is 4.96. The van der Waals surface area contributed by atoms with Crippen LogP contribution in [0, 0.1) is 5.41 Å². The van der Waals surface area contributed by atoms with Crippen LogP contribution in [0.4, 0.5) is 0 Å². The van der Waals surface area contributed by atoms with Crippen LogP contribution in [0.2, 0.25) is 0 Å². The summed E-state index contributed by atoms with van der Waals surface area (Å²) in [5, 5.41) is 0. The second kappa shape index (κ2) is 6.24. The van der Waals surface area contributed by atoms with Gasteiger partial charge in [0.05, 0.1) is 0 Å². The molecule has 0 fully saturated rings. The Morgan fingerprint density at radius 3 is 1.94 bits per heavy atom. The van der Waals surface area contributed by atoms with Crippen LogP contribution in [-0.4, -0.2) is 0 Å². The minimum atomic E-state index is 0.0794. The molecule has 1 rings (SSSR count). The molecule has 0 aromatic rings. The Labute approximate surface area is 105 Å². The molecule has 17 heavy (non-hydrogen) atoms. The van der Waals surface area contributed by atoms with Crippen LogP contribution in [-0.2, 0) is 0 Å². The fourth-order valence-electron chi connectivity index (χ4n) is 2.59. The van der Waals surface area contributed by atoms with E-state index in [0.717, 1.165) is 25.7 Å². The van der Waals surface area contributed by atoms with E-state index in [1.165, 1.54) is 11.1 Å². The molecule has 1 aliphatic rings. The van der Waals surface area contributed by atoms with Gasteiger partial charge >= 0.3 is 0 Å². The van der Waals surface area contributed by atoms with E-state index in [4.69, 9.17) is 0 Å². The summed E-state index contributed by atoms with van der Waals surface area (Å²) in [7, 11) is 0. The molecule has 0 N–H and O–H groups in total. The van der Waals surface area contributed by atoms with E-state index in [1.807, 2.05) is 24.3 Å². The standard InChI is InChI=1S/C17H22/c1-5-9-15-11-14-17(12-7-3,13-8-4)16(15)10-6-2/h5-8,11,14H,1-4,9-10,12-13H2. The number of hydrogen-bond acceptors (Lipinski definition) is 0. The molecular formula is C17H22. The Balaban J connectivity index is 3.15. The van der Waals surface area contributed by atoms with Crippen molar-refractivity contribution in [2.75, 3.05) is 0 Å². The van der Waals surface area contributed by atoms with Gasteiger partial charge in [0.15, 0.2) is 0 Å². The molecule has 1 aliphatic carbocycles. The first kappa shape index (κ1) is 13.5. The molecule has 0 aliphatic heterocycles. The smallest absolute Gasteiger partial charge is 0.0172 e. The maximum absolute atomic E-state index is 3.88. The van der Waals surface area contributed by atoms with Gasteiger partial charge < -0.3 is 0 Å². The second-order valence-electron chi connectivity index (χ2n) is 4.46. The highest BCUT2D eigenvalue weighted by Gasteiger charge is 2.33. The zero-order chi connectivity index (χ0) is 12.7. The topological polar surface area (TPSA) is 0 Å². The van der Waals surface area contributed by atoms with Crippen LogP contribution in [0.3, 0.4) is 0 Å². The van der Waals surface area contributed by atoms with Crippen molar-refractivity contribution in [3.8, 4) is 0 Å². The average molecular weight is 226 g/mol. The maximum Gasteiger partial charge on any atom is 0.0172 e. The van der Waals surface area contributed by atoms with Gasteiger partial charge in [0, 0.05) is 5.41 Å². The SMILES string of the molecule is C=CCC1=C(CC=C)C(CC=C)(CC=C)C=C1. The molecule has 0 heteroatoms. The van der Waals surface area contributed by atoms with Gasteiger partial charge in [-0.2, -0.15) is 0 Å². The van der Waals surface area contributed by atoms with Crippen LogP contribution < -0.4 is 0 Å². The summed E-state index contributed by atoms with van der Waals surface area (Å²) in [5.74, 6) is 0. The zero-order valence-corrected chi connectivity index (χ0v) is 10.6. The summed E-state index contributed by atoms with van der Waals surface area (Å²) < 4.78 is 0. The van der Waals surface area contributed by atoms with Crippen molar-refractivity contribution in [1.29, 1.82) is 0 Å². The van der Waals surface area contributed by atoms with E-state index < -0.39 is 0 Å². The highest BCUT2D eigenvalue weighted by atomic mass is 14.4. The minimum Gasteiger partial charge on any atom is -0.103 e. The van der Waals surface area contributed by atoms with Crippen molar-refractivity contribution in [3.63, 3.8) is 0 Å². The van der Waals surface area contributed by atoms with Crippen LogP contribution in [0.15, 0.2) is 73.9 Å². The van der Waals surface area contributed by atoms with E-state index in [2.05, 4.69) is 38.5 Å². The highest BCUT2D eigenvalue weighted by molar-refractivity contribution is 5.44. The molecule has 0 aromatic heterocycles. The van der Waals surface area contributed by atoms with Crippen LogP contribution >= 0.6 is 0 Å². The maximum atomic E-state index is 3.88. The lowest BCUT2D eigenvalue weighted by Gasteiger charge is -2.29. The fraction of sp³-hybridized carbons (Fsp3) is 0.294. The molecule has 0 nitrogen and oxygen atoms in total. The number of hydrogen-bond donors (Lipinski definition) is 0. The molecule has 0 aromatic carbocycles. The number of rotatable bonds is 8. The number of allylic oxidation sites excluding steroid dienone is 8. The first-order valence-corrected chi connectivity index (χ1v) is 6.09. The molecule has 0 radical (unpaired) electrons. The first-order chi connectivity index (χ1) is 8.24. The Morgan fingerprint density at radius 2 is 1.47 bits per heavy atom. The van der Waals surface area contributed by atoms with Gasteiger partial charge in [0.25, 0.3) is 0 Å². The molecule has 0 saturated carbocycles. The summed E-state index contributed by atoms with van der Waals surface area (Å²) in [5.41, 5.74) is 2.91. The van der Waals surface area contributed by atoms with Crippen LogP contribution in [0.5, 0.6) is 0 Å². The molecule has 90 valence electrons. The lowest BCUT2D eigenvalue weighted by molar-refractivity contribution is 0.470. The van der Waals surface area contributed by atoms with Gasteiger partial charge in [-0.3, -0.25) is 0 Å². The molecule has 0 amide bonds.